The van der Waals surface area contributed by atoms with E-state index in [2.05, 4.69) is 15.6 Å². The van der Waals surface area contributed by atoms with Gasteiger partial charge >= 0.3 is 0 Å². The van der Waals surface area contributed by atoms with Gasteiger partial charge in [-0.15, -0.1) is 0 Å². The number of H-pyrrole nitrogens is 1. The van der Waals surface area contributed by atoms with Gasteiger partial charge in [0.25, 0.3) is 11.8 Å². The summed E-state index contributed by atoms with van der Waals surface area (Å²) in [4.78, 5) is 28.2. The number of anilines is 1. The van der Waals surface area contributed by atoms with Crippen LogP contribution < -0.4 is 15.4 Å². The van der Waals surface area contributed by atoms with Crippen LogP contribution in [0.5, 0.6) is 5.75 Å². The third-order valence-corrected chi connectivity index (χ3v) is 4.56. The number of aromatic amines is 1. The Labute approximate surface area is 154 Å². The summed E-state index contributed by atoms with van der Waals surface area (Å²) in [5.41, 5.74) is 1.73. The summed E-state index contributed by atoms with van der Waals surface area (Å²) in [5.74, 6) is -0.140. The fraction of sp³-hybridized carbons (Fsp3) is 0.158. The molecule has 1 aliphatic rings. The first-order valence-electron chi connectivity index (χ1n) is 8.17. The lowest BCUT2D eigenvalue weighted by atomic mass is 10.1. The second-order valence-electron chi connectivity index (χ2n) is 6.17. The molecule has 1 aromatic heterocycles. The monoisotopic (exact) mass is 369 g/mol. The Morgan fingerprint density at radius 2 is 2.00 bits per heavy atom. The molecule has 2 heterocycles. The molecule has 3 N–H and O–H groups in total. The van der Waals surface area contributed by atoms with Crippen LogP contribution >= 0.6 is 11.6 Å². The van der Waals surface area contributed by atoms with Crippen LogP contribution in [0.4, 0.5) is 5.69 Å². The van der Waals surface area contributed by atoms with Crippen LogP contribution in [0.2, 0.25) is 5.02 Å². The normalized spacial score (nSPS) is 19.2. The molecule has 6 nitrogen and oxygen atoms in total. The number of carbonyl (C=O) groups excluding carboxylic acids is 2. The fourth-order valence-electron chi connectivity index (χ4n) is 2.99. The van der Waals surface area contributed by atoms with Gasteiger partial charge in [0.15, 0.2) is 0 Å². The minimum atomic E-state index is -0.829. The molecule has 0 spiro atoms. The second kappa shape index (κ2) is 6.38. The van der Waals surface area contributed by atoms with Crippen molar-refractivity contribution in [3.8, 4) is 5.75 Å². The Morgan fingerprint density at radius 1 is 1.19 bits per heavy atom. The number of ether oxygens (including phenoxy) is 1. The van der Waals surface area contributed by atoms with E-state index in [4.69, 9.17) is 16.3 Å². The minimum absolute atomic E-state index is 0.324. The lowest BCUT2D eigenvalue weighted by molar-refractivity contribution is -0.119. The summed E-state index contributed by atoms with van der Waals surface area (Å²) in [5, 5.41) is 6.95. The summed E-state index contributed by atoms with van der Waals surface area (Å²) in [7, 11) is 0. The molecular weight excluding hydrogens is 354 g/mol. The highest BCUT2D eigenvalue weighted by Crippen LogP contribution is 2.28. The zero-order valence-electron chi connectivity index (χ0n) is 13.9. The van der Waals surface area contributed by atoms with E-state index in [1.165, 1.54) is 0 Å². The molecule has 0 bridgehead atoms. The van der Waals surface area contributed by atoms with Crippen molar-refractivity contribution in [2.24, 2.45) is 0 Å². The van der Waals surface area contributed by atoms with Gasteiger partial charge in [0.2, 0.25) is 0 Å². The number of rotatable bonds is 2. The Kier molecular flexibility index (Phi) is 4.05. The first-order valence-corrected chi connectivity index (χ1v) is 8.55. The van der Waals surface area contributed by atoms with Crippen LogP contribution in [0.3, 0.4) is 0 Å². The number of halogens is 1. The van der Waals surface area contributed by atoms with Crippen molar-refractivity contribution in [3.63, 3.8) is 0 Å². The van der Waals surface area contributed by atoms with E-state index in [0.29, 0.717) is 22.2 Å². The maximum absolute atomic E-state index is 12.6. The summed E-state index contributed by atoms with van der Waals surface area (Å²) in [6.07, 6.45) is -0.526. The molecule has 132 valence electrons. The molecule has 4 rings (SSSR count). The average molecular weight is 370 g/mol. The number of para-hydroxylation sites is 2. The highest BCUT2D eigenvalue weighted by atomic mass is 35.5. The predicted octanol–water partition coefficient (Wildman–Crippen LogP) is 3.34. The van der Waals surface area contributed by atoms with Gasteiger partial charge < -0.3 is 20.4 Å². The number of hydrogen-bond acceptors (Lipinski definition) is 3. The van der Waals surface area contributed by atoms with Crippen LogP contribution in [0.1, 0.15) is 17.4 Å². The topological polar surface area (TPSA) is 83.2 Å². The van der Waals surface area contributed by atoms with Crippen molar-refractivity contribution in [3.05, 3.63) is 59.2 Å². The lowest BCUT2D eigenvalue weighted by Gasteiger charge is -2.21. The van der Waals surface area contributed by atoms with Crippen molar-refractivity contribution >= 4 is 40.0 Å². The average Bonchev–Trinajstić information content (AvgIpc) is 2.99. The van der Waals surface area contributed by atoms with Crippen LogP contribution in [-0.4, -0.2) is 28.9 Å². The number of nitrogens with one attached hydrogen (secondary N) is 3. The van der Waals surface area contributed by atoms with Crippen LogP contribution in [0.15, 0.2) is 48.5 Å². The van der Waals surface area contributed by atoms with Crippen molar-refractivity contribution < 1.29 is 14.3 Å². The Bertz CT molecular complexity index is 1010. The SMILES string of the molecule is C[C@@H]1Oc2ccccc2NC(=O)[C@H]1NC(=O)c1cc2cc(Cl)ccc2[nH]1. The second-order valence-corrected chi connectivity index (χ2v) is 6.61. The maximum atomic E-state index is 12.6. The highest BCUT2D eigenvalue weighted by Gasteiger charge is 2.32. The number of benzene rings is 2. The van der Waals surface area contributed by atoms with Crippen molar-refractivity contribution in [1.29, 1.82) is 0 Å². The third-order valence-electron chi connectivity index (χ3n) is 4.32. The van der Waals surface area contributed by atoms with E-state index in [-0.39, 0.29) is 11.8 Å². The number of amides is 2. The summed E-state index contributed by atoms with van der Waals surface area (Å²) in [6.45, 7) is 1.75. The van der Waals surface area contributed by atoms with E-state index >= 15 is 0 Å². The van der Waals surface area contributed by atoms with E-state index in [1.807, 2.05) is 12.1 Å². The summed E-state index contributed by atoms with van der Waals surface area (Å²) >= 11 is 5.98. The minimum Gasteiger partial charge on any atom is -0.486 e. The molecule has 0 unspecified atom stereocenters. The molecule has 3 aromatic rings. The number of fused-ring (bicyclic) bond motifs is 2. The van der Waals surface area contributed by atoms with E-state index < -0.39 is 12.1 Å². The highest BCUT2D eigenvalue weighted by molar-refractivity contribution is 6.31. The largest absolute Gasteiger partial charge is 0.486 e. The van der Waals surface area contributed by atoms with Crippen molar-refractivity contribution in [2.45, 2.75) is 19.1 Å². The fourth-order valence-corrected chi connectivity index (χ4v) is 3.17. The Hall–Kier alpha value is -2.99. The molecule has 0 saturated heterocycles. The predicted molar refractivity (Wildman–Crippen MR) is 99.7 cm³/mol. The molecule has 0 saturated carbocycles. The first kappa shape index (κ1) is 16.5. The van der Waals surface area contributed by atoms with Crippen molar-refractivity contribution in [2.75, 3.05) is 5.32 Å². The third kappa shape index (κ3) is 2.99. The van der Waals surface area contributed by atoms with Gasteiger partial charge in [-0.2, -0.15) is 0 Å². The van der Waals surface area contributed by atoms with Gasteiger partial charge in [-0.1, -0.05) is 23.7 Å². The molecule has 7 heteroatoms. The molecule has 26 heavy (non-hydrogen) atoms. The molecule has 0 aliphatic carbocycles. The van der Waals surface area contributed by atoms with E-state index in [9.17, 15) is 9.59 Å². The van der Waals surface area contributed by atoms with Crippen LogP contribution in [-0.2, 0) is 4.79 Å². The van der Waals surface area contributed by atoms with Crippen LogP contribution in [0.25, 0.3) is 10.9 Å². The Morgan fingerprint density at radius 3 is 2.85 bits per heavy atom. The van der Waals surface area contributed by atoms with Crippen molar-refractivity contribution in [1.82, 2.24) is 10.3 Å². The zero-order valence-corrected chi connectivity index (χ0v) is 14.6. The van der Waals surface area contributed by atoms with Gasteiger partial charge in [-0.25, -0.2) is 0 Å². The first-order chi connectivity index (χ1) is 12.5. The quantitative estimate of drug-likeness (QED) is 0.647. The summed E-state index contributed by atoms with van der Waals surface area (Å²) in [6, 6.07) is 13.3. The summed E-state index contributed by atoms with van der Waals surface area (Å²) < 4.78 is 5.83. The number of aromatic nitrogens is 1. The van der Waals surface area contributed by atoms with Gasteiger partial charge in [0.05, 0.1) is 5.69 Å². The molecule has 0 radical (unpaired) electrons. The molecule has 2 aromatic carbocycles. The number of hydrogen-bond donors (Lipinski definition) is 3. The Balaban J connectivity index is 1.57. The van der Waals surface area contributed by atoms with E-state index in [1.54, 1.807) is 43.3 Å². The molecular formula is C19H16ClN3O3. The zero-order chi connectivity index (χ0) is 18.3. The van der Waals surface area contributed by atoms with E-state index in [0.717, 1.165) is 10.9 Å². The van der Waals surface area contributed by atoms with Gasteiger partial charge in [0, 0.05) is 15.9 Å². The van der Waals surface area contributed by atoms with Gasteiger partial charge in [0.1, 0.15) is 23.6 Å². The molecule has 2 amide bonds. The number of carbonyl (C=O) groups is 2. The standard InChI is InChI=1S/C19H16ClN3O3/c1-10-17(19(25)22-14-4-2-3-5-16(14)26-10)23-18(24)15-9-11-8-12(20)6-7-13(11)21-15/h2-10,17,21H,1H3,(H,22,25)(H,23,24)/t10-,17-/m0/s1. The maximum Gasteiger partial charge on any atom is 0.268 e. The smallest absolute Gasteiger partial charge is 0.268 e. The lowest BCUT2D eigenvalue weighted by Crippen LogP contribution is -2.50. The van der Waals surface area contributed by atoms with Gasteiger partial charge in [-0.3, -0.25) is 9.59 Å². The molecule has 2 atom stereocenters. The molecule has 1 aliphatic heterocycles. The van der Waals surface area contributed by atoms with Gasteiger partial charge in [-0.05, 0) is 43.3 Å². The van der Waals surface area contributed by atoms with Crippen LogP contribution in [0, 0.1) is 0 Å². The molecule has 0 fully saturated rings.